The van der Waals surface area contributed by atoms with Gasteiger partial charge in [0.2, 0.25) is 0 Å². The molecule has 0 saturated heterocycles. The summed E-state index contributed by atoms with van der Waals surface area (Å²) in [4.78, 5) is 24.5. The highest BCUT2D eigenvalue weighted by atomic mass is 16.6. The van der Waals surface area contributed by atoms with E-state index in [1.165, 1.54) is 0 Å². The molecule has 0 spiro atoms. The van der Waals surface area contributed by atoms with Crippen molar-refractivity contribution in [2.24, 2.45) is 17.3 Å². The lowest BCUT2D eigenvalue weighted by atomic mass is 9.54. The molecular formula is C19H26O4. The summed E-state index contributed by atoms with van der Waals surface area (Å²) in [6.45, 7) is 9.68. The van der Waals surface area contributed by atoms with Crippen molar-refractivity contribution in [2.75, 3.05) is 0 Å². The Labute approximate surface area is 138 Å². The minimum atomic E-state index is -0.508. The minimum Gasteiger partial charge on any atom is -0.461 e. The van der Waals surface area contributed by atoms with Crippen molar-refractivity contribution in [2.45, 2.75) is 53.2 Å². The van der Waals surface area contributed by atoms with Gasteiger partial charge < -0.3 is 9.47 Å². The zero-order chi connectivity index (χ0) is 17.3. The molecule has 0 amide bonds. The molecule has 0 unspecified atom stereocenters. The van der Waals surface area contributed by atoms with Crippen LogP contribution in [0.25, 0.3) is 0 Å². The van der Waals surface area contributed by atoms with Crippen LogP contribution in [0.2, 0.25) is 0 Å². The zero-order valence-electron chi connectivity index (χ0n) is 14.6. The molecule has 0 N–H and O–H groups in total. The lowest BCUT2D eigenvalue weighted by Gasteiger charge is -2.49. The maximum Gasteiger partial charge on any atom is 0.310 e. The molecule has 1 fully saturated rings. The molecule has 0 aliphatic heterocycles. The number of carbonyl (C=O) groups excluding carboxylic acids is 2. The maximum absolute atomic E-state index is 12.3. The first-order valence-corrected chi connectivity index (χ1v) is 8.04. The molecule has 0 heterocycles. The maximum atomic E-state index is 12.3. The number of benzene rings is 1. The van der Waals surface area contributed by atoms with Gasteiger partial charge in [-0.15, -0.1) is 0 Å². The smallest absolute Gasteiger partial charge is 0.310 e. The van der Waals surface area contributed by atoms with Gasteiger partial charge in [-0.25, -0.2) is 0 Å². The number of hydrogen-bond donors (Lipinski definition) is 0. The first-order valence-electron chi connectivity index (χ1n) is 8.04. The average molecular weight is 318 g/mol. The molecule has 1 aliphatic carbocycles. The van der Waals surface area contributed by atoms with Crippen LogP contribution in [0.5, 0.6) is 0 Å². The van der Waals surface area contributed by atoms with Crippen molar-refractivity contribution in [3.8, 4) is 0 Å². The van der Waals surface area contributed by atoms with Gasteiger partial charge in [0, 0.05) is 0 Å². The SMILES string of the molecule is CC(C)(C)OC(=O)[C@H]1C[C@@H](C(=O)OCc2ccccc2)C1(C)C. The van der Waals surface area contributed by atoms with Gasteiger partial charge in [0.15, 0.2) is 0 Å². The van der Waals surface area contributed by atoms with Crippen LogP contribution in [0.1, 0.15) is 46.6 Å². The van der Waals surface area contributed by atoms with Gasteiger partial charge in [0.05, 0.1) is 11.8 Å². The van der Waals surface area contributed by atoms with Gasteiger partial charge in [-0.3, -0.25) is 9.59 Å². The van der Waals surface area contributed by atoms with Crippen LogP contribution in [0.15, 0.2) is 30.3 Å². The van der Waals surface area contributed by atoms with Crippen LogP contribution >= 0.6 is 0 Å². The summed E-state index contributed by atoms with van der Waals surface area (Å²) < 4.78 is 10.8. The molecular weight excluding hydrogens is 292 g/mol. The molecule has 2 rings (SSSR count). The van der Waals surface area contributed by atoms with Gasteiger partial charge in [-0.05, 0) is 38.2 Å². The largest absolute Gasteiger partial charge is 0.461 e. The van der Waals surface area contributed by atoms with Crippen LogP contribution in [-0.2, 0) is 25.7 Å². The third-order valence-electron chi connectivity index (χ3n) is 4.47. The Kier molecular flexibility index (Phi) is 4.83. The van der Waals surface area contributed by atoms with Gasteiger partial charge in [0.1, 0.15) is 12.2 Å². The highest BCUT2D eigenvalue weighted by Gasteiger charge is 2.56. The summed E-state index contributed by atoms with van der Waals surface area (Å²) in [5.74, 6) is -0.979. The monoisotopic (exact) mass is 318 g/mol. The summed E-state index contributed by atoms with van der Waals surface area (Å²) in [5, 5.41) is 0. The fraction of sp³-hybridized carbons (Fsp3) is 0.579. The Bertz CT molecular complexity index is 569. The van der Waals surface area contributed by atoms with Crippen LogP contribution in [0.3, 0.4) is 0 Å². The van der Waals surface area contributed by atoms with Crippen molar-refractivity contribution in [3.05, 3.63) is 35.9 Å². The Morgan fingerprint density at radius 2 is 1.65 bits per heavy atom. The predicted molar refractivity (Wildman–Crippen MR) is 87.5 cm³/mol. The molecule has 4 heteroatoms. The van der Waals surface area contributed by atoms with E-state index in [-0.39, 0.29) is 30.4 Å². The zero-order valence-corrected chi connectivity index (χ0v) is 14.6. The van der Waals surface area contributed by atoms with E-state index in [9.17, 15) is 9.59 Å². The molecule has 1 saturated carbocycles. The molecule has 4 nitrogen and oxygen atoms in total. The highest BCUT2D eigenvalue weighted by molar-refractivity contribution is 5.82. The minimum absolute atomic E-state index is 0.227. The Morgan fingerprint density at radius 3 is 2.17 bits per heavy atom. The topological polar surface area (TPSA) is 52.6 Å². The molecule has 1 aromatic carbocycles. The van der Waals surface area contributed by atoms with E-state index in [1.807, 2.05) is 65.0 Å². The first kappa shape index (κ1) is 17.5. The molecule has 0 aromatic heterocycles. The quantitative estimate of drug-likeness (QED) is 0.794. The van der Waals surface area contributed by atoms with E-state index in [2.05, 4.69) is 0 Å². The average Bonchev–Trinajstić information content (AvgIpc) is 2.43. The highest BCUT2D eigenvalue weighted by Crippen LogP contribution is 2.52. The van der Waals surface area contributed by atoms with Crippen LogP contribution in [0, 0.1) is 17.3 Å². The lowest BCUT2D eigenvalue weighted by Crippen LogP contribution is -2.53. The molecule has 2 atom stereocenters. The van der Waals surface area contributed by atoms with E-state index < -0.39 is 11.0 Å². The van der Waals surface area contributed by atoms with Gasteiger partial charge in [-0.1, -0.05) is 44.2 Å². The lowest BCUT2D eigenvalue weighted by molar-refractivity contribution is -0.186. The van der Waals surface area contributed by atoms with Crippen molar-refractivity contribution >= 4 is 11.9 Å². The molecule has 126 valence electrons. The van der Waals surface area contributed by atoms with Crippen molar-refractivity contribution in [1.82, 2.24) is 0 Å². The summed E-state index contributed by atoms with van der Waals surface area (Å²) in [5.41, 5.74) is 0.0176. The van der Waals surface area contributed by atoms with Crippen molar-refractivity contribution in [1.29, 1.82) is 0 Å². The van der Waals surface area contributed by atoms with E-state index in [0.717, 1.165) is 5.56 Å². The number of hydrogen-bond acceptors (Lipinski definition) is 4. The van der Waals surface area contributed by atoms with Gasteiger partial charge >= 0.3 is 11.9 Å². The summed E-state index contributed by atoms with van der Waals surface area (Å²) in [7, 11) is 0. The molecule has 0 bridgehead atoms. The third-order valence-corrected chi connectivity index (χ3v) is 4.47. The number of esters is 2. The first-order chi connectivity index (χ1) is 10.6. The van der Waals surface area contributed by atoms with Crippen molar-refractivity contribution < 1.29 is 19.1 Å². The Morgan fingerprint density at radius 1 is 1.09 bits per heavy atom. The predicted octanol–water partition coefficient (Wildman–Crippen LogP) is 3.73. The van der Waals surface area contributed by atoms with E-state index in [4.69, 9.17) is 9.47 Å². The Balaban J connectivity index is 1.90. The second-order valence-electron chi connectivity index (χ2n) is 7.79. The molecule has 1 aliphatic rings. The Hall–Kier alpha value is -1.84. The summed E-state index contributed by atoms with van der Waals surface area (Å²) in [6, 6.07) is 9.58. The van der Waals surface area contributed by atoms with Gasteiger partial charge in [0.25, 0.3) is 0 Å². The van der Waals surface area contributed by atoms with E-state index in [1.54, 1.807) is 0 Å². The number of ether oxygens (including phenoxy) is 2. The van der Waals surface area contributed by atoms with E-state index >= 15 is 0 Å². The molecule has 23 heavy (non-hydrogen) atoms. The summed E-state index contributed by atoms with van der Waals surface area (Å²) >= 11 is 0. The van der Waals surface area contributed by atoms with Gasteiger partial charge in [-0.2, -0.15) is 0 Å². The third kappa shape index (κ3) is 4.12. The van der Waals surface area contributed by atoms with E-state index in [0.29, 0.717) is 6.42 Å². The second-order valence-corrected chi connectivity index (χ2v) is 7.79. The second kappa shape index (κ2) is 6.34. The van der Waals surface area contributed by atoms with Crippen LogP contribution < -0.4 is 0 Å². The molecule has 0 radical (unpaired) electrons. The van der Waals surface area contributed by atoms with Crippen LogP contribution in [-0.4, -0.2) is 17.5 Å². The summed E-state index contributed by atoms with van der Waals surface area (Å²) in [6.07, 6.45) is 0.496. The molecule has 1 aromatic rings. The fourth-order valence-electron chi connectivity index (χ4n) is 2.93. The fourth-order valence-corrected chi connectivity index (χ4v) is 2.93. The standard InChI is InChI=1S/C19H26O4/c1-18(2,3)23-17(21)15-11-14(19(15,4)5)16(20)22-12-13-9-7-6-8-10-13/h6-10,14-15H,11-12H2,1-5H3/t14-,15+/m0/s1. The van der Waals surface area contributed by atoms with Crippen molar-refractivity contribution in [3.63, 3.8) is 0 Å². The number of carbonyl (C=O) groups is 2. The number of rotatable bonds is 4. The normalized spacial score (nSPS) is 22.8. The van der Waals surface area contributed by atoms with Crippen LogP contribution in [0.4, 0.5) is 0 Å².